The van der Waals surface area contributed by atoms with Crippen molar-refractivity contribution in [3.63, 3.8) is 0 Å². The molecule has 0 aliphatic rings. The third kappa shape index (κ3) is 5.75. The number of benzene rings is 1. The van der Waals surface area contributed by atoms with Crippen LogP contribution >= 0.6 is 0 Å². The van der Waals surface area contributed by atoms with Crippen LogP contribution in [-0.2, 0) is 0 Å². The van der Waals surface area contributed by atoms with Crippen molar-refractivity contribution in [1.29, 1.82) is 0 Å². The molecule has 4 N–H and O–H groups in total. The largest absolute Gasteiger partial charge is 0.396 e. The molecule has 124 valence electrons. The van der Waals surface area contributed by atoms with Crippen molar-refractivity contribution in [2.24, 2.45) is 0 Å². The van der Waals surface area contributed by atoms with Crippen molar-refractivity contribution < 1.29 is 9.90 Å². The summed E-state index contributed by atoms with van der Waals surface area (Å²) in [4.78, 5) is 16.2. The first kappa shape index (κ1) is 17.0. The monoisotopic (exact) mass is 316 g/mol. The molecule has 1 unspecified atom stereocenters. The second-order valence-corrected chi connectivity index (χ2v) is 5.48. The Balaban J connectivity index is 1.69. The summed E-state index contributed by atoms with van der Waals surface area (Å²) >= 11 is 0. The lowest BCUT2D eigenvalue weighted by molar-refractivity contribution is 0.234. The van der Waals surface area contributed by atoms with Crippen LogP contribution in [0.4, 0.5) is 10.6 Å². The number of hydrogen-bond donors (Lipinski definition) is 4. The van der Waals surface area contributed by atoms with Crippen LogP contribution in [0.5, 0.6) is 0 Å². The number of aliphatic hydroxyl groups is 1. The zero-order valence-corrected chi connectivity index (χ0v) is 13.4. The molecular weight excluding hydrogens is 292 g/mol. The molecule has 0 saturated heterocycles. The molecule has 6 nitrogen and oxygen atoms in total. The molecule has 0 spiro atoms. The minimum absolute atomic E-state index is 0.0530. The number of aliphatic hydroxyl groups excluding tert-OH is 1. The van der Waals surface area contributed by atoms with Crippen molar-refractivity contribution in [3.05, 3.63) is 36.4 Å². The van der Waals surface area contributed by atoms with Gasteiger partial charge in [0.05, 0.1) is 5.52 Å². The zero-order valence-electron chi connectivity index (χ0n) is 13.4. The van der Waals surface area contributed by atoms with E-state index in [1.54, 1.807) is 0 Å². The quantitative estimate of drug-likeness (QED) is 0.562. The van der Waals surface area contributed by atoms with Gasteiger partial charge in [-0.3, -0.25) is 0 Å². The fraction of sp³-hybridized carbons (Fsp3) is 0.412. The summed E-state index contributed by atoms with van der Waals surface area (Å²) in [5.41, 5.74) is 0.945. The molecular formula is C17H24N4O2. The van der Waals surface area contributed by atoms with Crippen molar-refractivity contribution in [1.82, 2.24) is 15.6 Å². The summed E-state index contributed by atoms with van der Waals surface area (Å²) in [6.07, 6.45) is 1.46. The summed E-state index contributed by atoms with van der Waals surface area (Å²) in [5.74, 6) is 0.794. The van der Waals surface area contributed by atoms with Crippen molar-refractivity contribution in [3.8, 4) is 0 Å². The maximum Gasteiger partial charge on any atom is 0.315 e. The molecule has 1 aromatic heterocycles. The minimum atomic E-state index is -0.191. The lowest BCUT2D eigenvalue weighted by Gasteiger charge is -2.14. The molecule has 0 aliphatic carbocycles. The highest BCUT2D eigenvalue weighted by Crippen LogP contribution is 2.13. The zero-order chi connectivity index (χ0) is 16.5. The van der Waals surface area contributed by atoms with E-state index < -0.39 is 0 Å². The summed E-state index contributed by atoms with van der Waals surface area (Å²) in [5, 5.41) is 18.7. The van der Waals surface area contributed by atoms with Crippen LogP contribution < -0.4 is 16.0 Å². The Morgan fingerprint density at radius 3 is 2.87 bits per heavy atom. The van der Waals surface area contributed by atoms with E-state index in [9.17, 15) is 4.79 Å². The van der Waals surface area contributed by atoms with Gasteiger partial charge in [-0.15, -0.1) is 0 Å². The Labute approximate surface area is 136 Å². The predicted octanol–water partition coefficient (Wildman–Crippen LogP) is 2.11. The van der Waals surface area contributed by atoms with E-state index in [-0.39, 0.29) is 18.7 Å². The highest BCUT2D eigenvalue weighted by atomic mass is 16.3. The van der Waals surface area contributed by atoms with E-state index in [1.165, 1.54) is 0 Å². The van der Waals surface area contributed by atoms with Crippen LogP contribution in [0, 0.1) is 0 Å². The van der Waals surface area contributed by atoms with Crippen LogP contribution in [0.1, 0.15) is 19.8 Å². The molecule has 0 fully saturated rings. The smallest absolute Gasteiger partial charge is 0.315 e. The van der Waals surface area contributed by atoms with Gasteiger partial charge in [-0.05, 0) is 38.0 Å². The van der Waals surface area contributed by atoms with Crippen LogP contribution in [0.25, 0.3) is 10.9 Å². The molecule has 2 aromatic rings. The molecule has 0 radical (unpaired) electrons. The fourth-order valence-electron chi connectivity index (χ4n) is 2.28. The Bertz CT molecular complexity index is 633. The molecule has 6 heteroatoms. The van der Waals surface area contributed by atoms with Crippen LogP contribution in [-0.4, -0.2) is 41.9 Å². The van der Waals surface area contributed by atoms with Gasteiger partial charge in [0.2, 0.25) is 0 Å². The van der Waals surface area contributed by atoms with Crippen LogP contribution in [0.3, 0.4) is 0 Å². The number of aromatic nitrogens is 1. The second kappa shape index (κ2) is 8.95. The molecule has 0 aliphatic heterocycles. The van der Waals surface area contributed by atoms with E-state index in [4.69, 9.17) is 5.11 Å². The topological polar surface area (TPSA) is 86.3 Å². The molecule has 1 heterocycles. The van der Waals surface area contributed by atoms with Gasteiger partial charge < -0.3 is 21.1 Å². The fourth-order valence-corrected chi connectivity index (χ4v) is 2.28. The average Bonchev–Trinajstić information content (AvgIpc) is 2.56. The lowest BCUT2D eigenvalue weighted by atomic mass is 10.2. The van der Waals surface area contributed by atoms with Crippen LogP contribution in [0.2, 0.25) is 0 Å². The maximum atomic E-state index is 11.7. The number of pyridine rings is 1. The van der Waals surface area contributed by atoms with Crippen molar-refractivity contribution in [2.75, 3.05) is 25.0 Å². The molecule has 0 saturated carbocycles. The molecule has 1 aromatic carbocycles. The maximum absolute atomic E-state index is 11.7. The number of urea groups is 1. The van der Waals surface area contributed by atoms with E-state index in [1.807, 2.05) is 43.3 Å². The molecule has 2 amide bonds. The number of hydrogen-bond acceptors (Lipinski definition) is 4. The number of rotatable bonds is 8. The van der Waals surface area contributed by atoms with E-state index in [0.29, 0.717) is 19.5 Å². The SMILES string of the molecule is CC(CCCO)NC(=O)NCCNc1ccc2ccccc2n1. The highest BCUT2D eigenvalue weighted by molar-refractivity contribution is 5.80. The predicted molar refractivity (Wildman–Crippen MR) is 92.5 cm³/mol. The number of fused-ring (bicyclic) bond motifs is 1. The van der Waals surface area contributed by atoms with E-state index in [2.05, 4.69) is 20.9 Å². The second-order valence-electron chi connectivity index (χ2n) is 5.48. The standard InChI is InChI=1S/C17H24N4O2/c1-13(5-4-12-22)20-17(23)19-11-10-18-16-9-8-14-6-2-3-7-15(14)21-16/h2-3,6-9,13,22H,4-5,10-12H2,1H3,(H,18,21)(H2,19,20,23). The molecule has 0 bridgehead atoms. The molecule has 1 atom stereocenters. The number of carbonyl (C=O) groups excluding carboxylic acids is 1. The summed E-state index contributed by atoms with van der Waals surface area (Å²) in [7, 11) is 0. The number of para-hydroxylation sites is 1. The van der Waals surface area contributed by atoms with Gasteiger partial charge in [0.25, 0.3) is 0 Å². The first-order valence-electron chi connectivity index (χ1n) is 7.94. The van der Waals surface area contributed by atoms with Gasteiger partial charge in [-0.25, -0.2) is 9.78 Å². The normalized spacial score (nSPS) is 11.9. The molecule has 23 heavy (non-hydrogen) atoms. The third-order valence-corrected chi connectivity index (χ3v) is 3.49. The Kier molecular flexibility index (Phi) is 6.62. The van der Waals surface area contributed by atoms with Gasteiger partial charge in [0.15, 0.2) is 0 Å². The van der Waals surface area contributed by atoms with Gasteiger partial charge in [0, 0.05) is 31.1 Å². The van der Waals surface area contributed by atoms with Crippen LogP contribution in [0.15, 0.2) is 36.4 Å². The summed E-state index contributed by atoms with van der Waals surface area (Å²) in [6.45, 7) is 3.18. The summed E-state index contributed by atoms with van der Waals surface area (Å²) < 4.78 is 0. The van der Waals surface area contributed by atoms with E-state index >= 15 is 0 Å². The number of amides is 2. The number of anilines is 1. The van der Waals surface area contributed by atoms with Gasteiger partial charge in [-0.2, -0.15) is 0 Å². The first-order valence-corrected chi connectivity index (χ1v) is 7.94. The van der Waals surface area contributed by atoms with Gasteiger partial charge in [-0.1, -0.05) is 18.2 Å². The van der Waals surface area contributed by atoms with Gasteiger partial charge in [0.1, 0.15) is 5.82 Å². The number of nitrogens with one attached hydrogen (secondary N) is 3. The average molecular weight is 316 g/mol. The van der Waals surface area contributed by atoms with Gasteiger partial charge >= 0.3 is 6.03 Å². The van der Waals surface area contributed by atoms with E-state index in [0.717, 1.165) is 23.1 Å². The summed E-state index contributed by atoms with van der Waals surface area (Å²) in [6, 6.07) is 11.8. The first-order chi connectivity index (χ1) is 11.2. The minimum Gasteiger partial charge on any atom is -0.396 e. The number of carbonyl (C=O) groups is 1. The highest BCUT2D eigenvalue weighted by Gasteiger charge is 2.05. The Morgan fingerprint density at radius 2 is 2.04 bits per heavy atom. The molecule has 2 rings (SSSR count). The third-order valence-electron chi connectivity index (χ3n) is 3.49. The number of nitrogens with zero attached hydrogens (tertiary/aromatic N) is 1. The van der Waals surface area contributed by atoms with Crippen molar-refractivity contribution >= 4 is 22.8 Å². The van der Waals surface area contributed by atoms with Crippen molar-refractivity contribution in [2.45, 2.75) is 25.8 Å². The Morgan fingerprint density at radius 1 is 1.22 bits per heavy atom. The Hall–Kier alpha value is -2.34. The lowest BCUT2D eigenvalue weighted by Crippen LogP contribution is -2.42.